The molecule has 116 valence electrons. The van der Waals surface area contributed by atoms with E-state index in [1.807, 2.05) is 6.92 Å². The number of hydrogen-bond acceptors (Lipinski definition) is 4. The highest BCUT2D eigenvalue weighted by molar-refractivity contribution is 6.34. The molecule has 0 atom stereocenters. The van der Waals surface area contributed by atoms with Crippen LogP contribution in [0.15, 0.2) is 24.5 Å². The number of rotatable bonds is 6. The number of hydrogen-bond donors (Lipinski definition) is 2. The van der Waals surface area contributed by atoms with E-state index in [4.69, 9.17) is 16.7 Å². The summed E-state index contributed by atoms with van der Waals surface area (Å²) < 4.78 is 1.72. The lowest BCUT2D eigenvalue weighted by Crippen LogP contribution is -2.25. The predicted molar refractivity (Wildman–Crippen MR) is 79.9 cm³/mol. The van der Waals surface area contributed by atoms with Crippen molar-refractivity contribution in [1.29, 1.82) is 0 Å². The third kappa shape index (κ3) is 3.62. The van der Waals surface area contributed by atoms with E-state index < -0.39 is 11.9 Å². The van der Waals surface area contributed by atoms with Crippen LogP contribution in [0.3, 0.4) is 0 Å². The van der Waals surface area contributed by atoms with E-state index in [9.17, 15) is 9.59 Å². The van der Waals surface area contributed by atoms with Gasteiger partial charge in [0, 0.05) is 6.54 Å². The predicted octanol–water partition coefficient (Wildman–Crippen LogP) is 1.97. The van der Waals surface area contributed by atoms with Gasteiger partial charge in [-0.1, -0.05) is 18.5 Å². The van der Waals surface area contributed by atoms with Gasteiger partial charge in [-0.05, 0) is 24.6 Å². The molecule has 8 heteroatoms. The minimum absolute atomic E-state index is 0.0317. The lowest BCUT2D eigenvalue weighted by atomic mass is 10.1. The summed E-state index contributed by atoms with van der Waals surface area (Å²) in [7, 11) is 0. The summed E-state index contributed by atoms with van der Waals surface area (Å²) in [6.07, 6.45) is 2.35. The standard InChI is InChI=1S/C14H15ClN4O3/c1-2-5-19-12(17-8-18-19)7-16-13(20)10-4-3-9(14(21)22)6-11(10)15/h3-4,6,8H,2,5,7H2,1H3,(H,16,20)(H,21,22). The molecule has 0 aliphatic carbocycles. The third-order valence-electron chi connectivity index (χ3n) is 3.00. The van der Waals surface area contributed by atoms with Crippen molar-refractivity contribution >= 4 is 23.5 Å². The number of carboxylic acids is 1. The lowest BCUT2D eigenvalue weighted by Gasteiger charge is -2.08. The molecule has 0 aliphatic heterocycles. The maximum Gasteiger partial charge on any atom is 0.335 e. The molecule has 0 unspecified atom stereocenters. The summed E-state index contributed by atoms with van der Waals surface area (Å²) in [4.78, 5) is 27.0. The highest BCUT2D eigenvalue weighted by Gasteiger charge is 2.14. The maximum atomic E-state index is 12.1. The van der Waals surface area contributed by atoms with Crippen LogP contribution in [0.2, 0.25) is 5.02 Å². The fourth-order valence-electron chi connectivity index (χ4n) is 1.91. The molecule has 1 aromatic carbocycles. The summed E-state index contributed by atoms with van der Waals surface area (Å²) in [5, 5.41) is 15.7. The molecule has 0 spiro atoms. The highest BCUT2D eigenvalue weighted by atomic mass is 35.5. The SMILES string of the molecule is CCCn1ncnc1CNC(=O)c1ccc(C(=O)O)cc1Cl. The van der Waals surface area contributed by atoms with Crippen LogP contribution in [-0.4, -0.2) is 31.7 Å². The Bertz CT molecular complexity index is 699. The zero-order chi connectivity index (χ0) is 16.1. The lowest BCUT2D eigenvalue weighted by molar-refractivity contribution is 0.0696. The molecule has 1 amide bonds. The van der Waals surface area contributed by atoms with Crippen LogP contribution in [0.25, 0.3) is 0 Å². The molecular weight excluding hydrogens is 308 g/mol. The van der Waals surface area contributed by atoms with Crippen molar-refractivity contribution in [1.82, 2.24) is 20.1 Å². The molecule has 0 bridgehead atoms. The van der Waals surface area contributed by atoms with Crippen molar-refractivity contribution in [2.24, 2.45) is 0 Å². The minimum atomic E-state index is -1.10. The highest BCUT2D eigenvalue weighted by Crippen LogP contribution is 2.18. The van der Waals surface area contributed by atoms with Crippen molar-refractivity contribution in [2.45, 2.75) is 26.4 Å². The molecule has 0 fully saturated rings. The summed E-state index contributed by atoms with van der Waals surface area (Å²) >= 11 is 5.95. The number of aryl methyl sites for hydroxylation is 1. The number of carbonyl (C=O) groups excluding carboxylic acids is 1. The molecule has 2 N–H and O–H groups in total. The first kappa shape index (κ1) is 16.0. The van der Waals surface area contributed by atoms with Crippen molar-refractivity contribution in [3.05, 3.63) is 46.5 Å². The maximum absolute atomic E-state index is 12.1. The molecule has 7 nitrogen and oxygen atoms in total. The molecule has 22 heavy (non-hydrogen) atoms. The van der Waals surface area contributed by atoms with Crippen molar-refractivity contribution in [2.75, 3.05) is 0 Å². The van der Waals surface area contributed by atoms with Gasteiger partial charge in [-0.3, -0.25) is 4.79 Å². The number of benzene rings is 1. The van der Waals surface area contributed by atoms with E-state index in [-0.39, 0.29) is 22.7 Å². The van der Waals surface area contributed by atoms with Gasteiger partial charge >= 0.3 is 5.97 Å². The van der Waals surface area contributed by atoms with Crippen LogP contribution in [0.1, 0.15) is 39.9 Å². The van der Waals surface area contributed by atoms with Crippen molar-refractivity contribution in [3.8, 4) is 0 Å². The Morgan fingerprint density at radius 2 is 2.18 bits per heavy atom. The first-order valence-corrected chi connectivity index (χ1v) is 7.08. The number of halogens is 1. The molecule has 1 aromatic heterocycles. The van der Waals surface area contributed by atoms with E-state index in [0.29, 0.717) is 5.82 Å². The van der Waals surface area contributed by atoms with Crippen LogP contribution in [0.5, 0.6) is 0 Å². The average Bonchev–Trinajstić information content (AvgIpc) is 2.92. The van der Waals surface area contributed by atoms with Gasteiger partial charge in [-0.2, -0.15) is 5.10 Å². The molecule has 2 aromatic rings. The number of nitrogens with zero attached hydrogens (tertiary/aromatic N) is 3. The minimum Gasteiger partial charge on any atom is -0.478 e. The van der Waals surface area contributed by atoms with E-state index in [1.54, 1.807) is 4.68 Å². The van der Waals surface area contributed by atoms with Crippen LogP contribution < -0.4 is 5.32 Å². The van der Waals surface area contributed by atoms with E-state index in [2.05, 4.69) is 15.4 Å². The fraction of sp³-hybridized carbons (Fsp3) is 0.286. The van der Waals surface area contributed by atoms with E-state index >= 15 is 0 Å². The Morgan fingerprint density at radius 3 is 2.82 bits per heavy atom. The number of nitrogens with one attached hydrogen (secondary N) is 1. The van der Waals surface area contributed by atoms with Crippen LogP contribution in [0, 0.1) is 0 Å². The summed E-state index contributed by atoms with van der Waals surface area (Å²) in [6.45, 7) is 2.96. The number of amides is 1. The first-order valence-electron chi connectivity index (χ1n) is 6.70. The van der Waals surface area contributed by atoms with Crippen molar-refractivity contribution in [3.63, 3.8) is 0 Å². The Balaban J connectivity index is 2.06. The van der Waals surface area contributed by atoms with Crippen LogP contribution in [-0.2, 0) is 13.1 Å². The zero-order valence-electron chi connectivity index (χ0n) is 11.9. The summed E-state index contributed by atoms with van der Waals surface area (Å²) in [5.74, 6) is -0.844. The number of carbonyl (C=O) groups is 2. The molecular formula is C14H15ClN4O3. The second-order valence-corrected chi connectivity index (χ2v) is 4.99. The van der Waals surface area contributed by atoms with Gasteiger partial charge in [-0.15, -0.1) is 0 Å². The Labute approximate surface area is 131 Å². The van der Waals surface area contributed by atoms with E-state index in [1.165, 1.54) is 24.5 Å². The number of aromatic carboxylic acids is 1. The molecule has 0 aliphatic rings. The quantitative estimate of drug-likeness (QED) is 0.847. The number of carboxylic acid groups (broad SMARTS) is 1. The Morgan fingerprint density at radius 1 is 1.41 bits per heavy atom. The summed E-state index contributed by atoms with van der Waals surface area (Å²) in [6, 6.07) is 3.97. The second kappa shape index (κ2) is 7.04. The van der Waals surface area contributed by atoms with E-state index in [0.717, 1.165) is 13.0 Å². The van der Waals surface area contributed by atoms with Crippen molar-refractivity contribution < 1.29 is 14.7 Å². The Hall–Kier alpha value is -2.41. The molecule has 2 rings (SSSR count). The van der Waals surface area contributed by atoms with Gasteiger partial charge in [0.25, 0.3) is 5.91 Å². The largest absolute Gasteiger partial charge is 0.478 e. The topological polar surface area (TPSA) is 97.1 Å². The van der Waals surface area contributed by atoms with Gasteiger partial charge in [-0.25, -0.2) is 14.5 Å². The van der Waals surface area contributed by atoms with Gasteiger partial charge in [0.15, 0.2) is 0 Å². The summed E-state index contributed by atoms with van der Waals surface area (Å²) in [5.41, 5.74) is 0.248. The smallest absolute Gasteiger partial charge is 0.335 e. The normalized spacial score (nSPS) is 10.5. The van der Waals surface area contributed by atoms with Gasteiger partial charge in [0.2, 0.25) is 0 Å². The Kier molecular flexibility index (Phi) is 5.11. The second-order valence-electron chi connectivity index (χ2n) is 4.58. The molecule has 0 saturated carbocycles. The average molecular weight is 323 g/mol. The monoisotopic (exact) mass is 322 g/mol. The molecule has 1 heterocycles. The van der Waals surface area contributed by atoms with Crippen LogP contribution in [0.4, 0.5) is 0 Å². The molecule has 0 saturated heterocycles. The number of aromatic nitrogens is 3. The van der Waals surface area contributed by atoms with Gasteiger partial charge in [0.1, 0.15) is 12.2 Å². The molecule has 0 radical (unpaired) electrons. The first-order chi connectivity index (χ1) is 10.5. The zero-order valence-corrected chi connectivity index (χ0v) is 12.7. The van der Waals surface area contributed by atoms with Gasteiger partial charge < -0.3 is 10.4 Å². The fourth-order valence-corrected chi connectivity index (χ4v) is 2.18. The van der Waals surface area contributed by atoms with Crippen LogP contribution >= 0.6 is 11.6 Å². The van der Waals surface area contributed by atoms with Gasteiger partial charge in [0.05, 0.1) is 22.7 Å². The third-order valence-corrected chi connectivity index (χ3v) is 3.31.